The van der Waals surface area contributed by atoms with Crippen LogP contribution in [0.2, 0.25) is 0 Å². The van der Waals surface area contributed by atoms with E-state index in [0.29, 0.717) is 18.0 Å². The van der Waals surface area contributed by atoms with E-state index in [4.69, 9.17) is 4.99 Å². The molecular weight excluding hydrogens is 419 g/mol. The lowest BCUT2D eigenvalue weighted by atomic mass is 9.75. The number of nitrogens with one attached hydrogen (secondary N) is 2. The van der Waals surface area contributed by atoms with Gasteiger partial charge in [0.25, 0.3) is 0 Å². The first-order valence-corrected chi connectivity index (χ1v) is 9.38. The highest BCUT2D eigenvalue weighted by atomic mass is 127. The molecule has 0 unspecified atom stereocenters. The largest absolute Gasteiger partial charge is 0.357 e. The summed E-state index contributed by atoms with van der Waals surface area (Å²) >= 11 is 1.73. The summed E-state index contributed by atoms with van der Waals surface area (Å²) in [5.41, 5.74) is 1.58. The van der Waals surface area contributed by atoms with Gasteiger partial charge in [-0.05, 0) is 44.4 Å². The van der Waals surface area contributed by atoms with E-state index in [1.54, 1.807) is 11.3 Å². The van der Waals surface area contributed by atoms with Crippen molar-refractivity contribution >= 4 is 41.3 Å². The van der Waals surface area contributed by atoms with Crippen LogP contribution in [0.3, 0.4) is 0 Å². The van der Waals surface area contributed by atoms with Gasteiger partial charge < -0.3 is 10.6 Å². The van der Waals surface area contributed by atoms with Crippen LogP contribution in [0.1, 0.15) is 64.1 Å². The Morgan fingerprint density at radius 3 is 2.61 bits per heavy atom. The Balaban J connectivity index is 0.00000264. The molecule has 132 valence electrons. The molecule has 0 amide bonds. The normalized spacial score (nSPS) is 18.3. The fraction of sp³-hybridized carbons (Fsp3) is 0.765. The Morgan fingerprint density at radius 1 is 1.35 bits per heavy atom. The first-order valence-electron chi connectivity index (χ1n) is 8.50. The highest BCUT2D eigenvalue weighted by Gasteiger charge is 2.27. The number of nitrogens with zero attached hydrogens (tertiary/aromatic N) is 2. The molecule has 0 aromatic carbocycles. The van der Waals surface area contributed by atoms with Crippen LogP contribution in [-0.2, 0) is 13.0 Å². The van der Waals surface area contributed by atoms with Gasteiger partial charge in [0.1, 0.15) is 0 Å². The molecule has 0 atom stereocenters. The first-order chi connectivity index (χ1) is 10.5. The molecule has 1 aliphatic carbocycles. The number of hydrogen-bond donors (Lipinski definition) is 2. The minimum Gasteiger partial charge on any atom is -0.357 e. The van der Waals surface area contributed by atoms with Gasteiger partial charge in [0.2, 0.25) is 0 Å². The van der Waals surface area contributed by atoms with E-state index in [1.165, 1.54) is 30.7 Å². The Labute approximate surface area is 162 Å². The molecular formula is C17H31IN4S. The van der Waals surface area contributed by atoms with Gasteiger partial charge in [0.15, 0.2) is 5.96 Å². The fourth-order valence-corrected chi connectivity index (χ4v) is 3.54. The number of hydrogen-bond acceptors (Lipinski definition) is 3. The van der Waals surface area contributed by atoms with Gasteiger partial charge in [-0.25, -0.2) is 9.98 Å². The second-order valence-electron chi connectivity index (χ2n) is 6.86. The zero-order chi connectivity index (χ0) is 16.0. The highest BCUT2D eigenvalue weighted by Crippen LogP contribution is 2.34. The number of guanidine groups is 1. The molecule has 4 nitrogen and oxygen atoms in total. The maximum atomic E-state index is 4.70. The van der Waals surface area contributed by atoms with Crippen molar-refractivity contribution in [1.29, 1.82) is 0 Å². The van der Waals surface area contributed by atoms with Crippen LogP contribution in [0.25, 0.3) is 0 Å². The molecule has 6 heteroatoms. The highest BCUT2D eigenvalue weighted by molar-refractivity contribution is 14.0. The SMILES string of the molecule is CCNC(=NCc1csc(CC)n1)NC1CCC(C)(C)CC1.I. The van der Waals surface area contributed by atoms with Gasteiger partial charge in [-0.2, -0.15) is 0 Å². The van der Waals surface area contributed by atoms with Crippen LogP contribution >= 0.6 is 35.3 Å². The van der Waals surface area contributed by atoms with Gasteiger partial charge in [-0.1, -0.05) is 20.8 Å². The topological polar surface area (TPSA) is 49.3 Å². The summed E-state index contributed by atoms with van der Waals surface area (Å²) in [7, 11) is 0. The minimum absolute atomic E-state index is 0. The predicted molar refractivity (Wildman–Crippen MR) is 111 cm³/mol. The smallest absolute Gasteiger partial charge is 0.191 e. The summed E-state index contributed by atoms with van der Waals surface area (Å²) in [6, 6.07) is 0.549. The van der Waals surface area contributed by atoms with Gasteiger partial charge in [0.05, 0.1) is 17.2 Å². The Kier molecular flexibility index (Phi) is 8.82. The fourth-order valence-electron chi connectivity index (χ4n) is 2.80. The van der Waals surface area contributed by atoms with Gasteiger partial charge in [-0.15, -0.1) is 35.3 Å². The van der Waals surface area contributed by atoms with Gasteiger partial charge in [0, 0.05) is 18.0 Å². The van der Waals surface area contributed by atoms with Crippen molar-refractivity contribution in [3.63, 3.8) is 0 Å². The number of rotatable bonds is 5. The van der Waals surface area contributed by atoms with Crippen LogP contribution in [0.5, 0.6) is 0 Å². The molecule has 0 spiro atoms. The third-order valence-corrected chi connectivity index (χ3v) is 5.37. The zero-order valence-corrected chi connectivity index (χ0v) is 18.0. The molecule has 2 N–H and O–H groups in total. The Bertz CT molecular complexity index is 489. The second kappa shape index (κ2) is 9.81. The molecule has 0 aliphatic heterocycles. The standard InChI is InChI=1S/C17H30N4S.HI/c1-5-15-20-14(12-22-15)11-19-16(18-6-2)21-13-7-9-17(3,4)10-8-13;/h12-13H,5-11H2,1-4H3,(H2,18,19,21);1H. The van der Waals surface area contributed by atoms with Crippen molar-refractivity contribution in [2.75, 3.05) is 6.54 Å². The summed E-state index contributed by atoms with van der Waals surface area (Å²) in [6.45, 7) is 10.5. The van der Waals surface area contributed by atoms with E-state index in [1.807, 2.05) is 0 Å². The second-order valence-corrected chi connectivity index (χ2v) is 7.81. The average molecular weight is 450 g/mol. The summed E-state index contributed by atoms with van der Waals surface area (Å²) in [4.78, 5) is 9.28. The molecule has 0 bridgehead atoms. The maximum Gasteiger partial charge on any atom is 0.191 e. The predicted octanol–water partition coefficient (Wildman–Crippen LogP) is 4.35. The number of aromatic nitrogens is 1. The Hall–Kier alpha value is -0.370. The van der Waals surface area contributed by atoms with E-state index in [0.717, 1.165) is 24.6 Å². The summed E-state index contributed by atoms with van der Waals surface area (Å²) in [5, 5.41) is 10.3. The average Bonchev–Trinajstić information content (AvgIpc) is 2.95. The number of thiazole rings is 1. The minimum atomic E-state index is 0. The van der Waals surface area contributed by atoms with E-state index in [2.05, 4.69) is 48.7 Å². The van der Waals surface area contributed by atoms with Crippen LogP contribution in [0.4, 0.5) is 0 Å². The lowest BCUT2D eigenvalue weighted by molar-refractivity contribution is 0.216. The van der Waals surface area contributed by atoms with E-state index < -0.39 is 0 Å². The lowest BCUT2D eigenvalue weighted by Gasteiger charge is -2.35. The molecule has 23 heavy (non-hydrogen) atoms. The third-order valence-electron chi connectivity index (χ3n) is 4.33. The summed E-state index contributed by atoms with van der Waals surface area (Å²) in [6.07, 6.45) is 6.04. The van der Waals surface area contributed by atoms with Crippen molar-refractivity contribution in [3.8, 4) is 0 Å². The molecule has 0 saturated heterocycles. The van der Waals surface area contributed by atoms with Crippen molar-refractivity contribution in [1.82, 2.24) is 15.6 Å². The molecule has 1 heterocycles. The van der Waals surface area contributed by atoms with Crippen molar-refractivity contribution in [2.45, 2.75) is 72.4 Å². The van der Waals surface area contributed by atoms with Gasteiger partial charge >= 0.3 is 0 Å². The lowest BCUT2D eigenvalue weighted by Crippen LogP contribution is -2.45. The molecule has 1 aromatic rings. The maximum absolute atomic E-state index is 4.70. The van der Waals surface area contributed by atoms with Crippen LogP contribution < -0.4 is 10.6 Å². The van der Waals surface area contributed by atoms with Crippen molar-refractivity contribution in [3.05, 3.63) is 16.1 Å². The molecule has 1 saturated carbocycles. The van der Waals surface area contributed by atoms with E-state index >= 15 is 0 Å². The third kappa shape index (κ3) is 6.95. The number of aryl methyl sites for hydroxylation is 1. The first kappa shape index (κ1) is 20.7. The van der Waals surface area contributed by atoms with Crippen LogP contribution in [-0.4, -0.2) is 23.5 Å². The molecule has 1 aromatic heterocycles. The Morgan fingerprint density at radius 2 is 2.04 bits per heavy atom. The summed E-state index contributed by atoms with van der Waals surface area (Å²) in [5.74, 6) is 0.929. The summed E-state index contributed by atoms with van der Waals surface area (Å²) < 4.78 is 0. The van der Waals surface area contributed by atoms with Crippen LogP contribution in [0, 0.1) is 5.41 Å². The monoisotopic (exact) mass is 450 g/mol. The zero-order valence-electron chi connectivity index (χ0n) is 14.8. The number of aliphatic imine (C=N–C) groups is 1. The molecule has 1 fully saturated rings. The van der Waals surface area contributed by atoms with E-state index in [9.17, 15) is 0 Å². The number of halogens is 1. The van der Waals surface area contributed by atoms with Crippen molar-refractivity contribution in [2.24, 2.45) is 10.4 Å². The van der Waals surface area contributed by atoms with Gasteiger partial charge in [-0.3, -0.25) is 0 Å². The van der Waals surface area contributed by atoms with Crippen LogP contribution in [0.15, 0.2) is 10.4 Å². The quantitative estimate of drug-likeness (QED) is 0.399. The molecule has 1 aliphatic rings. The molecule has 2 rings (SSSR count). The van der Waals surface area contributed by atoms with E-state index in [-0.39, 0.29) is 24.0 Å². The van der Waals surface area contributed by atoms with Crippen molar-refractivity contribution < 1.29 is 0 Å². The molecule has 0 radical (unpaired) electrons.